The number of Topliss-reactive ketones (excluding diaryl/α,β-unsaturated/α-hetero) is 2. The largest absolute Gasteiger partial charge is 0.435 e. The Bertz CT molecular complexity index is 1410. The highest BCUT2D eigenvalue weighted by Gasteiger charge is 2.30. The summed E-state index contributed by atoms with van der Waals surface area (Å²) in [6, 6.07) is 12.7. The Kier molecular flexibility index (Phi) is 15.2. The molecule has 0 aromatic heterocycles. The second-order valence-electron chi connectivity index (χ2n) is 12.1. The minimum atomic E-state index is -2.79. The van der Waals surface area contributed by atoms with Crippen molar-refractivity contribution in [3.63, 3.8) is 0 Å². The standard InChI is InChI=1S/C20H28O2.C15H11F2NO.C4H9F.H2/c1-4-5-6-19(21)16-8-10-17(11-9-16)20(22)18-12-7-14(2)13-15(18)3;16-15(17)19-11-7-5-10(6-8-11)13-9-18-14-4-2-1-3-12(13)14;1-2-3-4-5;/h7,12-13,16-17H,4-6,8-11H2,1-3H3;1-9,12,15H;2-4H2,1H3;1H. The van der Waals surface area contributed by atoms with E-state index >= 15 is 0 Å². The van der Waals surface area contributed by atoms with E-state index in [2.05, 4.69) is 28.8 Å². The molecule has 1 fully saturated rings. The van der Waals surface area contributed by atoms with Crippen LogP contribution in [0.1, 0.15) is 100 Å². The van der Waals surface area contributed by atoms with Crippen molar-refractivity contribution in [3.05, 3.63) is 95.2 Å². The van der Waals surface area contributed by atoms with Gasteiger partial charge in [0.05, 0.1) is 12.4 Å². The Labute approximate surface area is 274 Å². The molecule has 46 heavy (non-hydrogen) atoms. The molecule has 4 nitrogen and oxygen atoms in total. The molecule has 0 bridgehead atoms. The molecule has 0 radical (unpaired) electrons. The van der Waals surface area contributed by atoms with E-state index in [1.54, 1.807) is 24.3 Å². The molecule has 2 aliphatic carbocycles. The zero-order chi connectivity index (χ0) is 33.5. The van der Waals surface area contributed by atoms with Gasteiger partial charge in [0, 0.05) is 37.4 Å². The molecule has 0 saturated heterocycles. The second kappa shape index (κ2) is 19.0. The van der Waals surface area contributed by atoms with Crippen LogP contribution in [0.4, 0.5) is 13.2 Å². The third kappa shape index (κ3) is 11.0. The predicted octanol–water partition coefficient (Wildman–Crippen LogP) is 10.9. The van der Waals surface area contributed by atoms with Gasteiger partial charge in [0.1, 0.15) is 11.5 Å². The van der Waals surface area contributed by atoms with E-state index in [0.29, 0.717) is 5.78 Å². The summed E-state index contributed by atoms with van der Waals surface area (Å²) in [4.78, 5) is 29.2. The lowest BCUT2D eigenvalue weighted by Gasteiger charge is -2.27. The van der Waals surface area contributed by atoms with E-state index in [0.717, 1.165) is 85.8 Å². The summed E-state index contributed by atoms with van der Waals surface area (Å²) in [6.45, 7) is 5.20. The average molecular weight is 638 g/mol. The monoisotopic (exact) mass is 637 g/mol. The minimum absolute atomic E-state index is 0. The Hall–Kier alpha value is -3.74. The molecule has 1 atom stereocenters. The van der Waals surface area contributed by atoms with Crippen molar-refractivity contribution in [3.8, 4) is 5.75 Å². The number of alkyl halides is 3. The van der Waals surface area contributed by atoms with Gasteiger partial charge >= 0.3 is 6.61 Å². The fourth-order valence-corrected chi connectivity index (χ4v) is 5.90. The van der Waals surface area contributed by atoms with Crippen molar-refractivity contribution >= 4 is 22.9 Å². The van der Waals surface area contributed by atoms with Crippen LogP contribution in [0.3, 0.4) is 0 Å². The van der Waals surface area contributed by atoms with Crippen LogP contribution in [0, 0.1) is 31.6 Å². The molecule has 1 unspecified atom stereocenters. The van der Waals surface area contributed by atoms with Crippen LogP contribution in [-0.2, 0) is 4.79 Å². The number of ketones is 2. The summed E-state index contributed by atoms with van der Waals surface area (Å²) in [5.41, 5.74) is 6.17. The molecular formula is C39H50F3NO3. The highest BCUT2D eigenvalue weighted by atomic mass is 19.3. The minimum Gasteiger partial charge on any atom is -0.435 e. The first-order valence-electron chi connectivity index (χ1n) is 16.6. The van der Waals surface area contributed by atoms with Crippen LogP contribution in [0.25, 0.3) is 5.57 Å². The fourth-order valence-electron chi connectivity index (χ4n) is 5.90. The number of carbonyl (C=O) groups excluding carboxylic acids is 2. The van der Waals surface area contributed by atoms with Gasteiger partial charge in [-0.2, -0.15) is 8.78 Å². The maximum Gasteiger partial charge on any atom is 0.387 e. The normalized spacial score (nSPS) is 19.6. The van der Waals surface area contributed by atoms with Crippen molar-refractivity contribution < 1.29 is 28.9 Å². The van der Waals surface area contributed by atoms with E-state index in [9.17, 15) is 22.8 Å². The number of aryl methyl sites for hydroxylation is 2. The van der Waals surface area contributed by atoms with Crippen molar-refractivity contribution in [2.24, 2.45) is 22.7 Å². The first-order valence-corrected chi connectivity index (χ1v) is 16.6. The molecule has 0 spiro atoms. The topological polar surface area (TPSA) is 55.7 Å². The lowest BCUT2D eigenvalue weighted by molar-refractivity contribution is -0.124. The predicted molar refractivity (Wildman–Crippen MR) is 183 cm³/mol. The van der Waals surface area contributed by atoms with Crippen molar-refractivity contribution in [1.29, 1.82) is 0 Å². The zero-order valence-electron chi connectivity index (χ0n) is 27.6. The summed E-state index contributed by atoms with van der Waals surface area (Å²) in [7, 11) is 0. The van der Waals surface area contributed by atoms with Gasteiger partial charge in [-0.15, -0.1) is 0 Å². The maximum absolute atomic E-state index is 12.7. The number of nitrogens with zero attached hydrogens (tertiary/aromatic N) is 1. The molecule has 0 N–H and O–H groups in total. The number of fused-ring (bicyclic) bond motifs is 1. The fraction of sp³-hybridized carbons (Fsp3) is 0.462. The number of ether oxygens (including phenoxy) is 1. The quantitative estimate of drug-likeness (QED) is 0.230. The molecular weight excluding hydrogens is 587 g/mol. The van der Waals surface area contributed by atoms with E-state index in [4.69, 9.17) is 0 Å². The van der Waals surface area contributed by atoms with Crippen molar-refractivity contribution in [2.45, 2.75) is 92.1 Å². The lowest BCUT2D eigenvalue weighted by atomic mass is 9.76. The van der Waals surface area contributed by atoms with Crippen LogP contribution in [-0.4, -0.2) is 30.6 Å². The Morgan fingerprint density at radius 2 is 1.61 bits per heavy atom. The number of allylic oxidation sites excluding steroid dienone is 5. The van der Waals surface area contributed by atoms with Crippen molar-refractivity contribution in [2.75, 3.05) is 6.67 Å². The molecule has 250 valence electrons. The third-order valence-corrected chi connectivity index (χ3v) is 8.57. The maximum atomic E-state index is 12.7. The Balaban J connectivity index is 0.000000282. The van der Waals surface area contributed by atoms with Crippen LogP contribution < -0.4 is 4.74 Å². The van der Waals surface area contributed by atoms with E-state index in [1.165, 1.54) is 5.56 Å². The van der Waals surface area contributed by atoms with Crippen LogP contribution >= 0.6 is 0 Å². The Morgan fingerprint density at radius 1 is 0.935 bits per heavy atom. The SMILES string of the molecule is CCCCC(=O)C1CCC(C(=O)c2ccc(C)cc2C)CC1.CCCCF.FC(F)Oc1ccc(C2=CN=C3C=CC=CC23)cc1.[HH]. The molecule has 3 aliphatic rings. The first kappa shape index (κ1) is 36.7. The number of carbonyl (C=O) groups is 2. The van der Waals surface area contributed by atoms with Gasteiger partial charge in [0.15, 0.2) is 5.78 Å². The van der Waals surface area contributed by atoms with Gasteiger partial charge in [0.25, 0.3) is 0 Å². The molecule has 5 rings (SSSR count). The van der Waals surface area contributed by atoms with Gasteiger partial charge in [-0.05, 0) is 87.3 Å². The van der Waals surface area contributed by atoms with E-state index in [1.807, 2.05) is 57.3 Å². The molecule has 2 aromatic rings. The van der Waals surface area contributed by atoms with E-state index in [-0.39, 0.29) is 37.4 Å². The molecule has 2 aromatic carbocycles. The van der Waals surface area contributed by atoms with Gasteiger partial charge in [-0.25, -0.2) is 0 Å². The second-order valence-corrected chi connectivity index (χ2v) is 12.1. The Morgan fingerprint density at radius 3 is 2.20 bits per heavy atom. The molecule has 7 heteroatoms. The molecule has 1 aliphatic heterocycles. The van der Waals surface area contributed by atoms with Crippen LogP contribution in [0.2, 0.25) is 0 Å². The molecule has 1 heterocycles. The van der Waals surface area contributed by atoms with Gasteiger partial charge in [-0.1, -0.05) is 80.8 Å². The number of rotatable bonds is 11. The number of hydrogen-bond acceptors (Lipinski definition) is 4. The van der Waals surface area contributed by atoms with E-state index < -0.39 is 6.61 Å². The number of hydrogen-bond donors (Lipinski definition) is 0. The smallest absolute Gasteiger partial charge is 0.387 e. The number of unbranched alkanes of at least 4 members (excludes halogenated alkanes) is 2. The highest BCUT2D eigenvalue weighted by molar-refractivity contribution is 6.09. The highest BCUT2D eigenvalue weighted by Crippen LogP contribution is 2.34. The summed E-state index contributed by atoms with van der Waals surface area (Å²) in [6.07, 6.45) is 17.8. The summed E-state index contributed by atoms with van der Waals surface area (Å²) in [5.74, 6) is 1.33. The van der Waals surface area contributed by atoms with Gasteiger partial charge in [-0.3, -0.25) is 19.0 Å². The third-order valence-electron chi connectivity index (χ3n) is 8.57. The molecule has 0 amide bonds. The number of aliphatic imine (C=N–C) groups is 1. The zero-order valence-corrected chi connectivity index (χ0v) is 27.6. The van der Waals surface area contributed by atoms with Gasteiger partial charge < -0.3 is 4.74 Å². The van der Waals surface area contributed by atoms with Crippen molar-refractivity contribution in [1.82, 2.24) is 0 Å². The van der Waals surface area contributed by atoms with Crippen LogP contribution in [0.5, 0.6) is 5.75 Å². The first-order chi connectivity index (χ1) is 22.2. The summed E-state index contributed by atoms with van der Waals surface area (Å²) >= 11 is 0. The molecule has 1 saturated carbocycles. The average Bonchev–Trinajstić information content (AvgIpc) is 3.49. The summed E-state index contributed by atoms with van der Waals surface area (Å²) < 4.78 is 39.5. The number of benzene rings is 2. The summed E-state index contributed by atoms with van der Waals surface area (Å²) in [5, 5.41) is 0. The number of halogens is 3. The van der Waals surface area contributed by atoms with Gasteiger partial charge in [0.2, 0.25) is 0 Å². The lowest BCUT2D eigenvalue weighted by Crippen LogP contribution is -2.26. The van der Waals surface area contributed by atoms with Crippen LogP contribution in [0.15, 0.2) is 78.0 Å².